The highest BCUT2D eigenvalue weighted by atomic mass is 19.4. The quantitative estimate of drug-likeness (QED) is 0.0910. The van der Waals surface area contributed by atoms with Gasteiger partial charge in [0, 0.05) is 172 Å². The molecule has 6 aliphatic carbocycles. The maximum atomic E-state index is 14.4. The number of benzene rings is 10. The van der Waals surface area contributed by atoms with Crippen molar-refractivity contribution in [2.24, 2.45) is 23.2 Å². The summed E-state index contributed by atoms with van der Waals surface area (Å²) in [5.41, 5.74) is 23.0. The van der Waals surface area contributed by atoms with E-state index in [0.29, 0.717) is 93.0 Å². The molecule has 12 fully saturated rings. The Bertz CT molecular complexity index is 6120. The van der Waals surface area contributed by atoms with Gasteiger partial charge in [0.25, 0.3) is 17.8 Å². The molecule has 22 rings (SSSR count). The number of piperazine rings is 5. The van der Waals surface area contributed by atoms with Gasteiger partial charge in [0.2, 0.25) is 23.6 Å². The Labute approximate surface area is 834 Å². The summed E-state index contributed by atoms with van der Waals surface area (Å²) in [6.07, 6.45) is -5.04. The normalized spacial score (nSPS) is 23.9. The molecule has 0 N–H and O–H groups in total. The largest absolute Gasteiger partial charge is 0.418 e. The minimum absolute atomic E-state index is 0.0397. The zero-order valence-electron chi connectivity index (χ0n) is 84.2. The molecule has 143 heavy (non-hydrogen) atoms. The van der Waals surface area contributed by atoms with Crippen LogP contribution in [0.25, 0.3) is 0 Å². The summed E-state index contributed by atoms with van der Waals surface area (Å²) in [5, 5.41) is 0. The van der Waals surface area contributed by atoms with Crippen LogP contribution in [0.1, 0.15) is 167 Å². The molecule has 6 heterocycles. The first kappa shape index (κ1) is 102. The predicted molar refractivity (Wildman–Crippen MR) is 543 cm³/mol. The molecule has 10 aromatic rings. The fourth-order valence-corrected chi connectivity index (χ4v) is 22.6. The molecule has 0 spiro atoms. The number of nitrogens with zero attached hydrogens (tertiary/aromatic N) is 10. The third kappa shape index (κ3) is 22.2. The molecule has 26 heteroatoms. The van der Waals surface area contributed by atoms with Crippen LogP contribution in [0.5, 0.6) is 0 Å². The molecule has 10 aromatic carbocycles. The fraction of sp³-hybridized carbons (Fsp3) is 0.444. The van der Waals surface area contributed by atoms with Crippen molar-refractivity contribution in [1.29, 1.82) is 0 Å². The van der Waals surface area contributed by atoms with Crippen molar-refractivity contribution >= 4 is 58.0 Å². The van der Waals surface area contributed by atoms with E-state index in [0.717, 1.165) is 107 Å². The standard InChI is InChI=1S/C25H30N2O.C23H22F6N2O.2C23H26F2N2O.C23H28N2O2/c1-18-5-4-6-21(13-18)24-15-25(16-24,17-24)23(28)27-11-9-26(10-12-27)22-14-19(2)7-8-20(22)3;1-14-2-4-15(5-3-14)17-13-18(17)21(32)31-10-8-30(9-11-31)20-12-16(22(24,25)26)6-7-19(20)23(27,28)29;2*1-15-5-8-18(9-6-15)20-21(23(20,24)25)22(28)27-12-10-26(11-13-27)19-14-16(2)4-7-17(19)3;1-16-5-8-19(9-6-16)21-15-22(27-21)23(26)25-12-10-24(11-13-25)20-14-17(2)4-7-18(20)3/h4-8,13-14H,9-12,15-17H2,1-3H3;2-7,12,17-18H,8-11,13H2,1H3;2*4-9,14,20-21H,10-13H2,1-3H3;4-9,14,21-22H,10-13,15H2,1-3H3/t;17-,18-;2*20-,21-;21-,22+/m.0000/s1. The predicted octanol–water partition coefficient (Wildman–Crippen LogP) is 22.3. The highest BCUT2D eigenvalue weighted by Gasteiger charge is 2.75. The number of rotatable bonds is 15. The smallest absolute Gasteiger partial charge is 0.368 e. The minimum Gasteiger partial charge on any atom is -0.368 e. The van der Waals surface area contributed by atoms with Crippen molar-refractivity contribution in [3.8, 4) is 0 Å². The number of alkyl halides is 10. The first-order valence-electron chi connectivity index (χ1n) is 50.5. The molecule has 0 aromatic heterocycles. The van der Waals surface area contributed by atoms with Gasteiger partial charge in [-0.3, -0.25) is 24.0 Å². The first-order chi connectivity index (χ1) is 67.9. The van der Waals surface area contributed by atoms with E-state index in [9.17, 15) is 67.9 Å². The van der Waals surface area contributed by atoms with E-state index in [1.165, 1.54) is 94.4 Å². The Morgan fingerprint density at radius 3 is 0.972 bits per heavy atom. The molecule has 16 nitrogen and oxygen atoms in total. The minimum atomic E-state index is -4.78. The number of hydrogen-bond acceptors (Lipinski definition) is 11. The first-order valence-corrected chi connectivity index (χ1v) is 50.5. The maximum absolute atomic E-state index is 14.4. The average molecular weight is 1960 g/mol. The molecule has 2 bridgehead atoms. The fourth-order valence-electron chi connectivity index (χ4n) is 22.6. The van der Waals surface area contributed by atoms with Crippen molar-refractivity contribution in [3.05, 3.63) is 324 Å². The third-order valence-electron chi connectivity index (χ3n) is 31.4. The Kier molecular flexibility index (Phi) is 29.4. The van der Waals surface area contributed by atoms with Gasteiger partial charge >= 0.3 is 12.4 Å². The molecule has 0 radical (unpaired) electrons. The number of halogens is 10. The van der Waals surface area contributed by atoms with Crippen molar-refractivity contribution in [2.45, 2.75) is 182 Å². The SMILES string of the molecule is Cc1ccc([C@@H]2C[C@@H]2C(=O)N2CCN(c3cc(C(F)(F)F)ccc3C(F)(F)F)CC2)cc1.Cc1ccc([C@@H]2C[C@H](C(=O)N3CCN(c4cc(C)ccc4C)CC3)O2)cc1.Cc1ccc([C@H]2[C@@H](C(=O)N3CCN(c4cc(C)ccc4C)CC3)C2(F)F)cc1.Cc1ccc([C@H]2[C@@H](C(=O)N3CCN(c4cc(C)ccc4C)CC3)C2(F)F)cc1.Cc1cccc(C23CC(C(=O)N4CCN(c5cc(C)ccc5C)CC4)(C2)C3)c1. The second kappa shape index (κ2) is 41.1. The number of ether oxygens (including phenoxy) is 1. The van der Waals surface area contributed by atoms with Crippen LogP contribution in [-0.2, 0) is 46.5 Å². The van der Waals surface area contributed by atoms with Crippen LogP contribution >= 0.6 is 0 Å². The van der Waals surface area contributed by atoms with Crippen LogP contribution in [0.3, 0.4) is 0 Å². The van der Waals surface area contributed by atoms with Crippen molar-refractivity contribution in [1.82, 2.24) is 24.5 Å². The molecular weight excluding hydrogens is 1830 g/mol. The van der Waals surface area contributed by atoms with E-state index in [1.807, 2.05) is 74.2 Å². The van der Waals surface area contributed by atoms with Crippen LogP contribution < -0.4 is 24.5 Å². The highest BCUT2D eigenvalue weighted by Crippen LogP contribution is 2.74. The second-order valence-electron chi connectivity index (χ2n) is 42.1. The van der Waals surface area contributed by atoms with Gasteiger partial charge in [-0.25, -0.2) is 17.6 Å². The van der Waals surface area contributed by atoms with E-state index in [1.54, 1.807) is 39.0 Å². The number of carbonyl (C=O) groups is 5. The molecule has 6 saturated heterocycles. The topological polar surface area (TPSA) is 127 Å². The Morgan fingerprint density at radius 1 is 0.308 bits per heavy atom. The Morgan fingerprint density at radius 2 is 0.622 bits per heavy atom. The van der Waals surface area contributed by atoms with Crippen LogP contribution in [-0.4, -0.2) is 203 Å². The number of hydrogen-bond donors (Lipinski definition) is 0. The summed E-state index contributed by atoms with van der Waals surface area (Å²) >= 11 is 0. The van der Waals surface area contributed by atoms with Crippen LogP contribution in [0, 0.1) is 113 Å². The molecule has 6 aliphatic heterocycles. The van der Waals surface area contributed by atoms with Gasteiger partial charge < -0.3 is 53.7 Å². The Hall–Kier alpha value is -12.2. The van der Waals surface area contributed by atoms with Gasteiger partial charge in [-0.1, -0.05) is 198 Å². The summed E-state index contributed by atoms with van der Waals surface area (Å²) in [5.74, 6) is -10.6. The van der Waals surface area contributed by atoms with Gasteiger partial charge in [-0.2, -0.15) is 26.3 Å². The van der Waals surface area contributed by atoms with Crippen molar-refractivity contribution in [3.63, 3.8) is 0 Å². The lowest BCUT2D eigenvalue weighted by molar-refractivity contribution is -0.187. The monoisotopic (exact) mass is 1960 g/mol. The molecular formula is C117H132F10N10O6. The number of amides is 5. The lowest BCUT2D eigenvalue weighted by Crippen LogP contribution is -2.71. The van der Waals surface area contributed by atoms with Crippen molar-refractivity contribution in [2.75, 3.05) is 155 Å². The zero-order valence-corrected chi connectivity index (χ0v) is 84.2. The molecule has 756 valence electrons. The third-order valence-corrected chi connectivity index (χ3v) is 31.4. The lowest BCUT2D eigenvalue weighted by atomic mass is 9.33. The lowest BCUT2D eigenvalue weighted by Gasteiger charge is -2.70. The highest BCUT2D eigenvalue weighted by molar-refractivity contribution is 5.89. The van der Waals surface area contributed by atoms with Crippen LogP contribution in [0.4, 0.5) is 72.3 Å². The van der Waals surface area contributed by atoms with Crippen LogP contribution in [0.2, 0.25) is 0 Å². The molecule has 12 aliphatic rings. The van der Waals surface area contributed by atoms with E-state index >= 15 is 0 Å². The maximum Gasteiger partial charge on any atom is 0.418 e. The van der Waals surface area contributed by atoms with E-state index in [-0.39, 0.29) is 67.5 Å². The Balaban J connectivity index is 0.000000123. The second-order valence-corrected chi connectivity index (χ2v) is 42.1. The van der Waals surface area contributed by atoms with Gasteiger partial charge in [0.1, 0.15) is 17.9 Å². The molecule has 6 saturated carbocycles. The average Bonchev–Trinajstić information content (AvgIpc) is 1.41. The zero-order chi connectivity index (χ0) is 102. The number of aryl methyl sites for hydroxylation is 13. The van der Waals surface area contributed by atoms with Crippen molar-refractivity contribution < 1.29 is 72.6 Å². The summed E-state index contributed by atoms with van der Waals surface area (Å²) in [6.45, 7) is 38.8. The van der Waals surface area contributed by atoms with Crippen LogP contribution in [0.15, 0.2) is 212 Å². The van der Waals surface area contributed by atoms with E-state index in [4.69, 9.17) is 4.74 Å². The van der Waals surface area contributed by atoms with Gasteiger partial charge in [-0.15, -0.1) is 0 Å². The summed E-state index contributed by atoms with van der Waals surface area (Å²) in [6, 6.07) is 66.8. The number of anilines is 5. The number of carbonyl (C=O) groups excluding carboxylic acids is 5. The summed E-state index contributed by atoms with van der Waals surface area (Å²) < 4.78 is 143. The van der Waals surface area contributed by atoms with Gasteiger partial charge in [0.15, 0.2) is 0 Å². The van der Waals surface area contributed by atoms with Gasteiger partial charge in [-0.05, 0) is 242 Å². The van der Waals surface area contributed by atoms with E-state index in [2.05, 4.69) is 215 Å². The van der Waals surface area contributed by atoms with Gasteiger partial charge in [0.05, 0.1) is 34.5 Å². The molecule has 8 atom stereocenters. The molecule has 5 amide bonds. The summed E-state index contributed by atoms with van der Waals surface area (Å²) in [7, 11) is 0. The summed E-state index contributed by atoms with van der Waals surface area (Å²) in [4.78, 5) is 84.1. The molecule has 0 unspecified atom stereocenters. The van der Waals surface area contributed by atoms with E-state index < -0.39 is 76.5 Å².